The zero-order chi connectivity index (χ0) is 17.2. The Hall–Kier alpha value is -1.25. The Labute approximate surface area is 144 Å². The van der Waals surface area contributed by atoms with Crippen molar-refractivity contribution in [3.8, 4) is 0 Å². The van der Waals surface area contributed by atoms with E-state index in [9.17, 15) is 8.42 Å². The summed E-state index contributed by atoms with van der Waals surface area (Å²) in [4.78, 5) is 13.9. The normalized spacial score (nSPS) is 23.9. The molecule has 7 nitrogen and oxygen atoms in total. The molecule has 2 aliphatic heterocycles. The lowest BCUT2D eigenvalue weighted by Crippen LogP contribution is -2.32. The fourth-order valence-electron chi connectivity index (χ4n) is 3.44. The molecule has 3 rings (SSSR count). The Balaban J connectivity index is 1.94. The summed E-state index contributed by atoms with van der Waals surface area (Å²) in [6.45, 7) is 5.58. The first-order valence-corrected chi connectivity index (χ1v) is 10.6. The maximum Gasteiger partial charge on any atom is 0.225 e. The molecule has 3 heterocycles. The van der Waals surface area contributed by atoms with Crippen LogP contribution in [0, 0.1) is 0 Å². The van der Waals surface area contributed by atoms with Crippen molar-refractivity contribution < 1.29 is 8.42 Å². The summed E-state index contributed by atoms with van der Waals surface area (Å²) in [5.41, 5.74) is 0.687. The van der Waals surface area contributed by atoms with Crippen LogP contribution < -0.4 is 10.2 Å². The Morgan fingerprint density at radius 1 is 1.21 bits per heavy atom. The van der Waals surface area contributed by atoms with Crippen molar-refractivity contribution in [2.75, 3.05) is 57.5 Å². The van der Waals surface area contributed by atoms with Crippen LogP contribution in [-0.2, 0) is 9.84 Å². The second-order valence-electron chi connectivity index (χ2n) is 6.88. The van der Waals surface area contributed by atoms with Gasteiger partial charge in [-0.2, -0.15) is 0 Å². The maximum atomic E-state index is 12.2. The highest BCUT2D eigenvalue weighted by Gasteiger charge is 2.26. The molecule has 0 saturated carbocycles. The van der Waals surface area contributed by atoms with E-state index in [0.717, 1.165) is 58.5 Å². The molecule has 0 spiro atoms. The van der Waals surface area contributed by atoms with Crippen LogP contribution >= 0.6 is 0 Å². The predicted molar refractivity (Wildman–Crippen MR) is 94.3 cm³/mol. The summed E-state index contributed by atoms with van der Waals surface area (Å²) in [5, 5.41) is 3.35. The summed E-state index contributed by atoms with van der Waals surface area (Å²) in [6, 6.07) is 0. The molecule has 0 aliphatic carbocycles. The first-order valence-electron chi connectivity index (χ1n) is 8.66. The Kier molecular flexibility index (Phi) is 5.36. The van der Waals surface area contributed by atoms with Gasteiger partial charge in [-0.1, -0.05) is 0 Å². The van der Waals surface area contributed by atoms with Gasteiger partial charge in [0.05, 0.1) is 11.9 Å². The standard InChI is InChI=1S/C16H27N5O2S/c1-20-7-4-8-21(10-9-20)16-18-12-14(24(2,22)23)15(19-16)13-5-3-6-17-11-13/h12-13,17H,3-11H2,1-2H3/t13-/m1/s1. The lowest BCUT2D eigenvalue weighted by Gasteiger charge is -2.26. The third-order valence-electron chi connectivity index (χ3n) is 4.86. The van der Waals surface area contributed by atoms with E-state index in [1.807, 2.05) is 0 Å². The van der Waals surface area contributed by atoms with E-state index in [-0.39, 0.29) is 10.8 Å². The zero-order valence-corrected chi connectivity index (χ0v) is 15.3. The van der Waals surface area contributed by atoms with Crippen molar-refractivity contribution in [2.45, 2.75) is 30.1 Å². The molecule has 0 amide bonds. The lowest BCUT2D eigenvalue weighted by molar-refractivity contribution is 0.360. The average molecular weight is 353 g/mol. The molecule has 0 bridgehead atoms. The fourth-order valence-corrected chi connectivity index (χ4v) is 4.27. The van der Waals surface area contributed by atoms with E-state index < -0.39 is 9.84 Å². The van der Waals surface area contributed by atoms with E-state index in [2.05, 4.69) is 27.1 Å². The van der Waals surface area contributed by atoms with Crippen LogP contribution in [0.1, 0.15) is 30.9 Å². The summed E-state index contributed by atoms with van der Waals surface area (Å²) in [6.07, 6.45) is 5.83. The summed E-state index contributed by atoms with van der Waals surface area (Å²) >= 11 is 0. The van der Waals surface area contributed by atoms with E-state index in [1.165, 1.54) is 12.5 Å². The molecule has 0 aromatic carbocycles. The number of rotatable bonds is 3. The minimum Gasteiger partial charge on any atom is -0.339 e. The van der Waals surface area contributed by atoms with Crippen LogP contribution in [0.25, 0.3) is 0 Å². The van der Waals surface area contributed by atoms with Gasteiger partial charge in [0.2, 0.25) is 5.95 Å². The summed E-state index contributed by atoms with van der Waals surface area (Å²) in [5.74, 6) is 0.804. The van der Waals surface area contributed by atoms with Crippen molar-refractivity contribution in [1.29, 1.82) is 0 Å². The molecule has 1 aromatic heterocycles. The van der Waals surface area contributed by atoms with Gasteiger partial charge in [-0.3, -0.25) is 0 Å². The Bertz CT molecular complexity index is 673. The van der Waals surface area contributed by atoms with Gasteiger partial charge in [0.15, 0.2) is 9.84 Å². The zero-order valence-electron chi connectivity index (χ0n) is 14.5. The quantitative estimate of drug-likeness (QED) is 0.847. The molecule has 2 fully saturated rings. The number of aromatic nitrogens is 2. The van der Waals surface area contributed by atoms with Gasteiger partial charge < -0.3 is 15.1 Å². The number of piperidine rings is 1. The third-order valence-corrected chi connectivity index (χ3v) is 5.97. The Morgan fingerprint density at radius 2 is 2.04 bits per heavy atom. The first kappa shape index (κ1) is 17.6. The molecule has 1 atom stereocenters. The van der Waals surface area contributed by atoms with Gasteiger partial charge in [-0.15, -0.1) is 0 Å². The molecule has 8 heteroatoms. The molecule has 0 radical (unpaired) electrons. The number of hydrogen-bond donors (Lipinski definition) is 1. The van der Waals surface area contributed by atoms with Crippen molar-refractivity contribution >= 4 is 15.8 Å². The number of sulfone groups is 1. The highest BCUT2D eigenvalue weighted by molar-refractivity contribution is 7.90. The fraction of sp³-hybridized carbons (Fsp3) is 0.750. The van der Waals surface area contributed by atoms with Gasteiger partial charge in [-0.05, 0) is 39.4 Å². The largest absolute Gasteiger partial charge is 0.339 e. The molecule has 2 saturated heterocycles. The number of likely N-dealkylation sites (N-methyl/N-ethyl adjacent to an activating group) is 1. The van der Waals surface area contributed by atoms with Crippen molar-refractivity contribution in [2.24, 2.45) is 0 Å². The van der Waals surface area contributed by atoms with E-state index in [0.29, 0.717) is 11.6 Å². The maximum absolute atomic E-state index is 12.2. The Morgan fingerprint density at radius 3 is 2.75 bits per heavy atom. The number of nitrogens with zero attached hydrogens (tertiary/aromatic N) is 4. The molecule has 24 heavy (non-hydrogen) atoms. The second-order valence-corrected chi connectivity index (χ2v) is 8.86. The van der Waals surface area contributed by atoms with Gasteiger partial charge in [0.25, 0.3) is 0 Å². The highest BCUT2D eigenvalue weighted by Crippen LogP contribution is 2.28. The van der Waals surface area contributed by atoms with Crippen molar-refractivity contribution in [3.63, 3.8) is 0 Å². The predicted octanol–water partition coefficient (Wildman–Crippen LogP) is 0.489. The molecule has 134 valence electrons. The third kappa shape index (κ3) is 4.04. The second kappa shape index (κ2) is 7.33. The molecule has 0 unspecified atom stereocenters. The van der Waals surface area contributed by atoms with Gasteiger partial charge >= 0.3 is 0 Å². The smallest absolute Gasteiger partial charge is 0.225 e. The monoisotopic (exact) mass is 353 g/mol. The minimum atomic E-state index is -3.33. The molecule has 1 aromatic rings. The number of nitrogens with one attached hydrogen (secondary N) is 1. The molecular formula is C16H27N5O2S. The number of hydrogen-bond acceptors (Lipinski definition) is 7. The molecule has 2 aliphatic rings. The van der Waals surface area contributed by atoms with Crippen LogP contribution in [0.5, 0.6) is 0 Å². The molecule has 1 N–H and O–H groups in total. The lowest BCUT2D eigenvalue weighted by atomic mass is 9.96. The van der Waals surface area contributed by atoms with Gasteiger partial charge in [0.1, 0.15) is 4.90 Å². The first-order chi connectivity index (χ1) is 11.4. The number of anilines is 1. The van der Waals surface area contributed by atoms with Crippen molar-refractivity contribution in [1.82, 2.24) is 20.2 Å². The van der Waals surface area contributed by atoms with Crippen LogP contribution in [0.4, 0.5) is 5.95 Å². The summed E-state index contributed by atoms with van der Waals surface area (Å²) in [7, 11) is -1.20. The van der Waals surface area contributed by atoms with Crippen LogP contribution in [0.3, 0.4) is 0 Å². The minimum absolute atomic E-state index is 0.139. The van der Waals surface area contributed by atoms with E-state index in [4.69, 9.17) is 4.98 Å². The van der Waals surface area contributed by atoms with Crippen LogP contribution in [0.2, 0.25) is 0 Å². The van der Waals surface area contributed by atoms with Crippen LogP contribution in [-0.4, -0.2) is 75.9 Å². The molecular weight excluding hydrogens is 326 g/mol. The average Bonchev–Trinajstić information content (AvgIpc) is 2.79. The van der Waals surface area contributed by atoms with E-state index in [1.54, 1.807) is 0 Å². The summed E-state index contributed by atoms with van der Waals surface area (Å²) < 4.78 is 24.3. The SMILES string of the molecule is CN1CCCN(c2ncc(S(C)(=O)=O)c([C@@H]3CCCNC3)n2)CC1. The van der Waals surface area contributed by atoms with Gasteiger partial charge in [-0.25, -0.2) is 18.4 Å². The highest BCUT2D eigenvalue weighted by atomic mass is 32.2. The van der Waals surface area contributed by atoms with Crippen molar-refractivity contribution in [3.05, 3.63) is 11.9 Å². The van der Waals surface area contributed by atoms with Crippen LogP contribution in [0.15, 0.2) is 11.1 Å². The topological polar surface area (TPSA) is 78.4 Å². The van der Waals surface area contributed by atoms with E-state index >= 15 is 0 Å². The van der Waals surface area contributed by atoms with Gasteiger partial charge in [0, 0.05) is 38.4 Å².